The first-order chi connectivity index (χ1) is 11.1. The van der Waals surface area contributed by atoms with Crippen molar-refractivity contribution in [3.05, 3.63) is 71.3 Å². The Labute approximate surface area is 149 Å². The molecule has 1 atom stereocenters. The highest BCUT2D eigenvalue weighted by Crippen LogP contribution is 2.12. The van der Waals surface area contributed by atoms with E-state index < -0.39 is 0 Å². The Kier molecular flexibility index (Phi) is 9.08. The van der Waals surface area contributed by atoms with E-state index in [4.69, 9.17) is 10.5 Å². The molecule has 0 saturated heterocycles. The fraction of sp³-hybridized carbons (Fsp3) is 0.316. The molecule has 4 nitrogen and oxygen atoms in total. The molecule has 0 fully saturated rings. The number of rotatable bonds is 8. The Morgan fingerprint density at radius 3 is 2.33 bits per heavy atom. The Morgan fingerprint density at radius 1 is 1.04 bits per heavy atom. The van der Waals surface area contributed by atoms with E-state index in [0.717, 1.165) is 16.7 Å². The van der Waals surface area contributed by atoms with Crippen molar-refractivity contribution in [3.8, 4) is 0 Å². The zero-order valence-corrected chi connectivity index (χ0v) is 14.7. The number of nitrogens with two attached hydrogens (primary N) is 1. The second-order valence-electron chi connectivity index (χ2n) is 5.71. The van der Waals surface area contributed by atoms with Gasteiger partial charge in [-0.25, -0.2) is 0 Å². The molecule has 3 N–H and O–H groups in total. The molecule has 24 heavy (non-hydrogen) atoms. The zero-order valence-electron chi connectivity index (χ0n) is 13.9. The van der Waals surface area contributed by atoms with E-state index in [-0.39, 0.29) is 24.4 Å². The number of nitrogens with one attached hydrogen (secondary N) is 1. The van der Waals surface area contributed by atoms with Crippen LogP contribution in [0.5, 0.6) is 0 Å². The number of hydrogen-bond donors (Lipinski definition) is 2. The van der Waals surface area contributed by atoms with Gasteiger partial charge in [-0.05, 0) is 23.6 Å². The fourth-order valence-corrected chi connectivity index (χ4v) is 2.28. The number of carbonyl (C=O) groups is 1. The molecular weight excluding hydrogens is 324 g/mol. The molecule has 0 aliphatic rings. The molecule has 0 aliphatic carbocycles. The van der Waals surface area contributed by atoms with Crippen molar-refractivity contribution in [2.75, 3.05) is 0 Å². The molecule has 0 saturated carbocycles. The number of amides is 1. The van der Waals surface area contributed by atoms with E-state index in [0.29, 0.717) is 26.2 Å². The first-order valence-electron chi connectivity index (χ1n) is 7.86. The minimum Gasteiger partial charge on any atom is -0.372 e. The third-order valence-electron chi connectivity index (χ3n) is 3.47. The monoisotopic (exact) mass is 348 g/mol. The van der Waals surface area contributed by atoms with Crippen LogP contribution in [0.3, 0.4) is 0 Å². The normalized spacial score (nSPS) is 11.4. The fourth-order valence-electron chi connectivity index (χ4n) is 2.28. The van der Waals surface area contributed by atoms with Crippen LogP contribution in [0.4, 0.5) is 0 Å². The summed E-state index contributed by atoms with van der Waals surface area (Å²) in [7, 11) is 0. The lowest BCUT2D eigenvalue weighted by atomic mass is 10.1. The van der Waals surface area contributed by atoms with E-state index in [2.05, 4.69) is 5.32 Å². The highest BCUT2D eigenvalue weighted by atomic mass is 35.5. The van der Waals surface area contributed by atoms with Crippen LogP contribution in [-0.2, 0) is 29.3 Å². The van der Waals surface area contributed by atoms with Crippen molar-refractivity contribution in [3.63, 3.8) is 0 Å². The Bertz CT molecular complexity index is 618. The maximum atomic E-state index is 11.7. The van der Waals surface area contributed by atoms with Crippen molar-refractivity contribution >= 4 is 18.3 Å². The smallest absolute Gasteiger partial charge is 0.221 e. The molecule has 0 bridgehead atoms. The first kappa shape index (κ1) is 20.2. The lowest BCUT2D eigenvalue weighted by Gasteiger charge is -2.12. The highest BCUT2D eigenvalue weighted by Gasteiger charge is 2.07. The number of hydrogen-bond acceptors (Lipinski definition) is 3. The lowest BCUT2D eigenvalue weighted by molar-refractivity contribution is -0.121. The van der Waals surface area contributed by atoms with Crippen LogP contribution in [0.1, 0.15) is 30.0 Å². The molecule has 1 unspecified atom stereocenters. The SMILES string of the molecule is CC(N)CC(=O)NCc1ccccc1COCc1ccccc1.Cl. The van der Waals surface area contributed by atoms with Gasteiger partial charge in [-0.3, -0.25) is 4.79 Å². The topological polar surface area (TPSA) is 64.4 Å². The number of carbonyl (C=O) groups excluding carboxylic acids is 1. The molecule has 0 radical (unpaired) electrons. The van der Waals surface area contributed by atoms with Crippen molar-refractivity contribution in [2.45, 2.75) is 39.1 Å². The van der Waals surface area contributed by atoms with Crippen molar-refractivity contribution in [2.24, 2.45) is 5.73 Å². The van der Waals surface area contributed by atoms with Crippen LogP contribution in [0.15, 0.2) is 54.6 Å². The molecule has 2 aromatic rings. The molecule has 1 amide bonds. The summed E-state index contributed by atoms with van der Waals surface area (Å²) >= 11 is 0. The lowest BCUT2D eigenvalue weighted by Crippen LogP contribution is -2.29. The minimum absolute atomic E-state index is 0. The first-order valence-corrected chi connectivity index (χ1v) is 7.86. The Hall–Kier alpha value is -1.88. The summed E-state index contributed by atoms with van der Waals surface area (Å²) in [5, 5.41) is 2.90. The summed E-state index contributed by atoms with van der Waals surface area (Å²) in [5.74, 6) is -0.0278. The molecule has 2 rings (SSSR count). The molecular formula is C19H25ClN2O2. The van der Waals surface area contributed by atoms with Gasteiger partial charge in [0.25, 0.3) is 0 Å². The molecule has 130 valence electrons. The predicted octanol–water partition coefficient (Wildman–Crippen LogP) is 3.18. The van der Waals surface area contributed by atoms with Crippen LogP contribution < -0.4 is 11.1 Å². The van der Waals surface area contributed by atoms with E-state index in [1.165, 1.54) is 0 Å². The van der Waals surface area contributed by atoms with Gasteiger partial charge < -0.3 is 15.8 Å². The second kappa shape index (κ2) is 10.8. The molecule has 5 heteroatoms. The number of ether oxygens (including phenoxy) is 1. The average Bonchev–Trinajstić information content (AvgIpc) is 2.54. The second-order valence-corrected chi connectivity index (χ2v) is 5.71. The summed E-state index contributed by atoms with van der Waals surface area (Å²) in [4.78, 5) is 11.7. The molecule has 0 aromatic heterocycles. The molecule has 0 spiro atoms. The van der Waals surface area contributed by atoms with Crippen LogP contribution in [0.25, 0.3) is 0 Å². The summed E-state index contributed by atoms with van der Waals surface area (Å²) in [6.45, 7) is 3.42. The molecule has 2 aromatic carbocycles. The van der Waals surface area contributed by atoms with Gasteiger partial charge in [0.1, 0.15) is 0 Å². The number of benzene rings is 2. The van der Waals surface area contributed by atoms with Crippen LogP contribution in [-0.4, -0.2) is 11.9 Å². The van der Waals surface area contributed by atoms with Crippen LogP contribution in [0.2, 0.25) is 0 Å². The van der Waals surface area contributed by atoms with Gasteiger partial charge in [0.15, 0.2) is 0 Å². The Balaban J connectivity index is 0.00000288. The van der Waals surface area contributed by atoms with Gasteiger partial charge >= 0.3 is 0 Å². The quantitative estimate of drug-likeness (QED) is 0.770. The minimum atomic E-state index is -0.126. The largest absolute Gasteiger partial charge is 0.372 e. The zero-order chi connectivity index (χ0) is 16.5. The van der Waals surface area contributed by atoms with E-state index >= 15 is 0 Å². The highest BCUT2D eigenvalue weighted by molar-refractivity contribution is 5.85. The van der Waals surface area contributed by atoms with Crippen molar-refractivity contribution in [1.82, 2.24) is 5.32 Å². The van der Waals surface area contributed by atoms with E-state index in [1.54, 1.807) is 0 Å². The van der Waals surface area contributed by atoms with E-state index in [1.807, 2.05) is 61.5 Å². The van der Waals surface area contributed by atoms with E-state index in [9.17, 15) is 4.79 Å². The summed E-state index contributed by atoms with van der Waals surface area (Å²) in [6, 6.07) is 17.9. The van der Waals surface area contributed by atoms with Gasteiger partial charge in [-0.1, -0.05) is 54.6 Å². The predicted molar refractivity (Wildman–Crippen MR) is 98.7 cm³/mol. The van der Waals surface area contributed by atoms with Gasteiger partial charge in [0.2, 0.25) is 5.91 Å². The van der Waals surface area contributed by atoms with Gasteiger partial charge in [-0.2, -0.15) is 0 Å². The summed E-state index contributed by atoms with van der Waals surface area (Å²) in [5.41, 5.74) is 8.94. The van der Waals surface area contributed by atoms with Gasteiger partial charge in [0.05, 0.1) is 13.2 Å². The molecule has 0 aliphatic heterocycles. The van der Waals surface area contributed by atoms with Gasteiger partial charge in [-0.15, -0.1) is 12.4 Å². The number of halogens is 1. The summed E-state index contributed by atoms with van der Waals surface area (Å²) < 4.78 is 5.79. The maximum absolute atomic E-state index is 11.7. The summed E-state index contributed by atoms with van der Waals surface area (Å²) in [6.07, 6.45) is 0.340. The average molecular weight is 349 g/mol. The third kappa shape index (κ3) is 7.13. The van der Waals surface area contributed by atoms with Crippen LogP contribution in [0, 0.1) is 0 Å². The Morgan fingerprint density at radius 2 is 1.67 bits per heavy atom. The standard InChI is InChI=1S/C19H24N2O2.ClH/c1-15(20)11-19(22)21-12-17-9-5-6-10-18(17)14-23-13-16-7-3-2-4-8-16;/h2-10,15H,11-14,20H2,1H3,(H,21,22);1H. The maximum Gasteiger partial charge on any atom is 0.221 e. The third-order valence-corrected chi connectivity index (χ3v) is 3.47. The van der Waals surface area contributed by atoms with Crippen LogP contribution >= 0.6 is 12.4 Å². The van der Waals surface area contributed by atoms with Crippen molar-refractivity contribution in [1.29, 1.82) is 0 Å². The molecule has 0 heterocycles. The van der Waals surface area contributed by atoms with Gasteiger partial charge in [0, 0.05) is 19.0 Å². The van der Waals surface area contributed by atoms with Crippen molar-refractivity contribution < 1.29 is 9.53 Å².